The van der Waals surface area contributed by atoms with E-state index in [1.54, 1.807) is 0 Å². The van der Waals surface area contributed by atoms with Crippen molar-refractivity contribution >= 4 is 19.4 Å². The van der Waals surface area contributed by atoms with E-state index >= 15 is 0 Å². The van der Waals surface area contributed by atoms with Gasteiger partial charge in [0.2, 0.25) is 0 Å². The molecule has 1 saturated heterocycles. The van der Waals surface area contributed by atoms with Crippen LogP contribution in [0.25, 0.3) is 0 Å². The Balaban J connectivity index is 2.63. The minimum absolute atomic E-state index is 0.0446. The molecule has 0 aromatic carbocycles. The van der Waals surface area contributed by atoms with Crippen molar-refractivity contribution in [2.24, 2.45) is 11.1 Å². The Morgan fingerprint density at radius 2 is 1.92 bits per heavy atom. The molecule has 1 fully saturated rings. The molecule has 0 amide bonds. The Bertz CT molecular complexity index is 212. The Hall–Kier alpha value is 0.460. The molecule has 0 aromatic heterocycles. The van der Waals surface area contributed by atoms with Crippen molar-refractivity contribution in [1.29, 1.82) is 0 Å². The molecule has 0 aromatic rings. The smallest absolute Gasteiger partial charge is 0.326 e. The third kappa shape index (κ3) is 3.60. The van der Waals surface area contributed by atoms with E-state index in [-0.39, 0.29) is 11.6 Å². The molecule has 0 atom stereocenters. The molecule has 4 nitrogen and oxygen atoms in total. The Morgan fingerprint density at radius 1 is 1.38 bits per heavy atom. The van der Waals surface area contributed by atoms with Gasteiger partial charge >= 0.3 is 7.60 Å². The fourth-order valence-electron chi connectivity index (χ4n) is 1.67. The van der Waals surface area contributed by atoms with Crippen LogP contribution in [0.5, 0.6) is 0 Å². The summed E-state index contributed by atoms with van der Waals surface area (Å²) in [6.07, 6.45) is 1.62. The summed E-state index contributed by atoms with van der Waals surface area (Å²) in [4.78, 5) is 17.8. The molecule has 1 heterocycles. The standard InChI is InChI=1S/C7H16NO3PS/c8-5-7(6-12(9,10)11)1-3-13-4-2-7/h1-6,8H2,(H2,9,10,11). The normalized spacial score (nSPS) is 23.0. The number of nitrogens with two attached hydrogens (primary N) is 1. The molecule has 0 saturated carbocycles. The van der Waals surface area contributed by atoms with Gasteiger partial charge in [0.1, 0.15) is 0 Å². The van der Waals surface area contributed by atoms with E-state index in [1.807, 2.05) is 11.8 Å². The first-order chi connectivity index (χ1) is 5.97. The van der Waals surface area contributed by atoms with Gasteiger partial charge in [-0.3, -0.25) is 4.57 Å². The van der Waals surface area contributed by atoms with Crippen LogP contribution in [0.15, 0.2) is 0 Å². The van der Waals surface area contributed by atoms with Gasteiger partial charge in [0.25, 0.3) is 0 Å². The van der Waals surface area contributed by atoms with Crippen molar-refractivity contribution in [3.8, 4) is 0 Å². The van der Waals surface area contributed by atoms with Crippen LogP contribution in [0.4, 0.5) is 0 Å². The summed E-state index contributed by atoms with van der Waals surface area (Å²) < 4.78 is 10.9. The number of hydrogen-bond donors (Lipinski definition) is 3. The molecule has 0 aliphatic carbocycles. The predicted molar refractivity (Wildman–Crippen MR) is 55.0 cm³/mol. The minimum atomic E-state index is -3.91. The molecule has 1 aliphatic rings. The van der Waals surface area contributed by atoms with Gasteiger partial charge in [-0.05, 0) is 36.3 Å². The zero-order valence-corrected chi connectivity index (χ0v) is 9.19. The van der Waals surface area contributed by atoms with Crippen LogP contribution in [0, 0.1) is 5.41 Å². The maximum Gasteiger partial charge on any atom is 0.326 e. The first-order valence-electron chi connectivity index (χ1n) is 4.30. The van der Waals surface area contributed by atoms with Gasteiger partial charge in [-0.2, -0.15) is 11.8 Å². The van der Waals surface area contributed by atoms with Gasteiger partial charge in [-0.1, -0.05) is 0 Å². The summed E-state index contributed by atoms with van der Waals surface area (Å²) in [5, 5.41) is 0. The van der Waals surface area contributed by atoms with Crippen LogP contribution in [0.1, 0.15) is 12.8 Å². The molecule has 1 aliphatic heterocycles. The molecule has 0 radical (unpaired) electrons. The second-order valence-electron chi connectivity index (χ2n) is 3.64. The quantitative estimate of drug-likeness (QED) is 0.614. The third-order valence-corrected chi connectivity index (χ3v) is 4.60. The van der Waals surface area contributed by atoms with Crippen LogP contribution >= 0.6 is 19.4 Å². The minimum Gasteiger partial charge on any atom is -0.330 e. The molecule has 0 bridgehead atoms. The van der Waals surface area contributed by atoms with Crippen LogP contribution in [0.3, 0.4) is 0 Å². The summed E-state index contributed by atoms with van der Waals surface area (Å²) in [5.74, 6) is 1.94. The second kappa shape index (κ2) is 4.32. The topological polar surface area (TPSA) is 83.6 Å². The predicted octanol–water partition coefficient (Wildman–Crippen LogP) is 0.636. The largest absolute Gasteiger partial charge is 0.330 e. The van der Waals surface area contributed by atoms with Gasteiger partial charge in [0.05, 0.1) is 6.16 Å². The lowest BCUT2D eigenvalue weighted by atomic mass is 9.84. The van der Waals surface area contributed by atoms with Crippen molar-refractivity contribution in [3.05, 3.63) is 0 Å². The van der Waals surface area contributed by atoms with Crippen molar-refractivity contribution in [1.82, 2.24) is 0 Å². The van der Waals surface area contributed by atoms with Gasteiger partial charge in [-0.15, -0.1) is 0 Å². The molecular weight excluding hydrogens is 209 g/mol. The van der Waals surface area contributed by atoms with Gasteiger partial charge < -0.3 is 15.5 Å². The van der Waals surface area contributed by atoms with Crippen LogP contribution in [-0.2, 0) is 4.57 Å². The zero-order valence-electron chi connectivity index (χ0n) is 7.48. The van der Waals surface area contributed by atoms with Crippen molar-refractivity contribution in [3.63, 3.8) is 0 Å². The van der Waals surface area contributed by atoms with Gasteiger partial charge in [0.15, 0.2) is 0 Å². The average molecular weight is 225 g/mol. The molecule has 6 heteroatoms. The lowest BCUT2D eigenvalue weighted by molar-refractivity contribution is 0.278. The average Bonchev–Trinajstić information content (AvgIpc) is 2.03. The zero-order chi connectivity index (χ0) is 9.95. The van der Waals surface area contributed by atoms with E-state index in [2.05, 4.69) is 0 Å². The Morgan fingerprint density at radius 3 is 2.31 bits per heavy atom. The van der Waals surface area contributed by atoms with E-state index < -0.39 is 7.60 Å². The summed E-state index contributed by atoms with van der Waals surface area (Å²) in [6.45, 7) is 0.388. The lowest BCUT2D eigenvalue weighted by Crippen LogP contribution is -2.37. The lowest BCUT2D eigenvalue weighted by Gasteiger charge is -2.35. The summed E-state index contributed by atoms with van der Waals surface area (Å²) >= 11 is 1.83. The maximum absolute atomic E-state index is 10.9. The monoisotopic (exact) mass is 225 g/mol. The first-order valence-corrected chi connectivity index (χ1v) is 7.25. The highest BCUT2D eigenvalue weighted by molar-refractivity contribution is 7.99. The van der Waals surface area contributed by atoms with E-state index in [0.29, 0.717) is 6.54 Å². The summed E-state index contributed by atoms with van der Waals surface area (Å²) in [5.41, 5.74) is 5.29. The van der Waals surface area contributed by atoms with Gasteiger partial charge in [0, 0.05) is 0 Å². The third-order valence-electron chi connectivity index (χ3n) is 2.53. The SMILES string of the molecule is NCC1(CP(=O)(O)O)CCSCC1. The molecule has 1 rings (SSSR count). The highest BCUT2D eigenvalue weighted by atomic mass is 32.2. The summed E-state index contributed by atoms with van der Waals surface area (Å²) in [7, 11) is -3.91. The number of rotatable bonds is 3. The van der Waals surface area contributed by atoms with Gasteiger partial charge in [-0.25, -0.2) is 0 Å². The number of thioether (sulfide) groups is 1. The Labute approximate surface area is 82.4 Å². The molecular formula is C7H16NO3PS. The highest BCUT2D eigenvalue weighted by Crippen LogP contribution is 2.47. The molecule has 78 valence electrons. The second-order valence-corrected chi connectivity index (χ2v) is 6.51. The van der Waals surface area contributed by atoms with Crippen molar-refractivity contribution in [2.45, 2.75) is 12.8 Å². The van der Waals surface area contributed by atoms with Crippen LogP contribution in [-0.4, -0.2) is 34.0 Å². The Kier molecular flexibility index (Phi) is 3.83. The molecule has 0 spiro atoms. The van der Waals surface area contributed by atoms with E-state index in [1.165, 1.54) is 0 Å². The highest BCUT2D eigenvalue weighted by Gasteiger charge is 2.36. The fourth-order valence-corrected chi connectivity index (χ4v) is 4.35. The maximum atomic E-state index is 10.9. The molecule has 13 heavy (non-hydrogen) atoms. The van der Waals surface area contributed by atoms with E-state index in [0.717, 1.165) is 24.3 Å². The molecule has 0 unspecified atom stereocenters. The number of hydrogen-bond acceptors (Lipinski definition) is 3. The van der Waals surface area contributed by atoms with Crippen LogP contribution < -0.4 is 5.73 Å². The first kappa shape index (κ1) is 11.5. The fraction of sp³-hybridized carbons (Fsp3) is 1.00. The molecule has 4 N–H and O–H groups in total. The van der Waals surface area contributed by atoms with E-state index in [9.17, 15) is 4.57 Å². The van der Waals surface area contributed by atoms with Crippen LogP contribution in [0.2, 0.25) is 0 Å². The van der Waals surface area contributed by atoms with Crippen molar-refractivity contribution < 1.29 is 14.4 Å². The van der Waals surface area contributed by atoms with E-state index in [4.69, 9.17) is 15.5 Å². The van der Waals surface area contributed by atoms with Crippen molar-refractivity contribution in [2.75, 3.05) is 24.2 Å². The summed E-state index contributed by atoms with van der Waals surface area (Å²) in [6, 6.07) is 0.